The van der Waals surface area contributed by atoms with Crippen molar-refractivity contribution in [1.82, 2.24) is 9.97 Å². The summed E-state index contributed by atoms with van der Waals surface area (Å²) in [7, 11) is 0. The van der Waals surface area contributed by atoms with Crippen LogP contribution in [0.15, 0.2) is 60.9 Å². The summed E-state index contributed by atoms with van der Waals surface area (Å²) in [5.74, 6) is 0.0908. The summed E-state index contributed by atoms with van der Waals surface area (Å²) in [4.78, 5) is 32.1. The van der Waals surface area contributed by atoms with Crippen LogP contribution >= 0.6 is 0 Å². The molecule has 0 radical (unpaired) electrons. The molecule has 1 aromatic heterocycles. The topological polar surface area (TPSA) is 84.0 Å². The van der Waals surface area contributed by atoms with E-state index in [2.05, 4.69) is 27.5 Å². The first-order chi connectivity index (χ1) is 13.0. The molecular formula is C21H20N4O2. The summed E-state index contributed by atoms with van der Waals surface area (Å²) in [5.41, 5.74) is 3.43. The summed E-state index contributed by atoms with van der Waals surface area (Å²) in [5, 5.41) is 5.91. The Morgan fingerprint density at radius 1 is 0.963 bits per heavy atom. The fourth-order valence-electron chi connectivity index (χ4n) is 2.53. The second kappa shape index (κ2) is 8.23. The molecule has 6 nitrogen and oxygen atoms in total. The molecule has 0 saturated carbocycles. The van der Waals surface area contributed by atoms with E-state index < -0.39 is 0 Å². The van der Waals surface area contributed by atoms with Gasteiger partial charge in [-0.25, -0.2) is 9.97 Å². The van der Waals surface area contributed by atoms with Gasteiger partial charge in [-0.3, -0.25) is 9.59 Å². The van der Waals surface area contributed by atoms with Crippen molar-refractivity contribution in [3.05, 3.63) is 77.7 Å². The zero-order chi connectivity index (χ0) is 19.2. The van der Waals surface area contributed by atoms with Crippen LogP contribution in [0.3, 0.4) is 0 Å². The van der Waals surface area contributed by atoms with Gasteiger partial charge in [0.25, 0.3) is 5.91 Å². The van der Waals surface area contributed by atoms with Crippen LogP contribution in [0.4, 0.5) is 17.2 Å². The number of carbonyl (C=O) groups excluding carboxylic acids is 2. The van der Waals surface area contributed by atoms with E-state index in [9.17, 15) is 9.59 Å². The second-order valence-electron chi connectivity index (χ2n) is 6.06. The number of amides is 1. The number of nitrogens with one attached hydrogen (secondary N) is 2. The molecule has 3 aromatic rings. The van der Waals surface area contributed by atoms with Gasteiger partial charge in [0, 0.05) is 23.0 Å². The average molecular weight is 360 g/mol. The molecule has 1 heterocycles. The molecule has 0 spiro atoms. The van der Waals surface area contributed by atoms with Gasteiger partial charge in [-0.2, -0.15) is 0 Å². The van der Waals surface area contributed by atoms with Crippen molar-refractivity contribution in [2.45, 2.75) is 20.3 Å². The van der Waals surface area contributed by atoms with Crippen molar-refractivity contribution in [3.63, 3.8) is 0 Å². The zero-order valence-electron chi connectivity index (χ0n) is 15.2. The van der Waals surface area contributed by atoms with Crippen LogP contribution in [-0.2, 0) is 6.42 Å². The van der Waals surface area contributed by atoms with Crippen LogP contribution in [0.5, 0.6) is 0 Å². The number of nitrogens with zero attached hydrogens (tertiary/aromatic N) is 2. The minimum atomic E-state index is -0.373. The second-order valence-corrected chi connectivity index (χ2v) is 6.06. The Hall–Kier alpha value is -3.54. The number of hydrogen-bond acceptors (Lipinski definition) is 5. The monoisotopic (exact) mass is 360 g/mol. The van der Waals surface area contributed by atoms with E-state index in [1.54, 1.807) is 30.3 Å². The average Bonchev–Trinajstić information content (AvgIpc) is 2.69. The van der Waals surface area contributed by atoms with Crippen LogP contribution in [0.25, 0.3) is 0 Å². The van der Waals surface area contributed by atoms with Gasteiger partial charge in [-0.05, 0) is 43.2 Å². The maximum absolute atomic E-state index is 12.5. The zero-order valence-corrected chi connectivity index (χ0v) is 15.2. The predicted octanol–water partition coefficient (Wildman–Crippen LogP) is 4.24. The van der Waals surface area contributed by atoms with Crippen molar-refractivity contribution < 1.29 is 9.59 Å². The van der Waals surface area contributed by atoms with Crippen molar-refractivity contribution in [1.29, 1.82) is 0 Å². The van der Waals surface area contributed by atoms with Gasteiger partial charge in [0.15, 0.2) is 5.78 Å². The lowest BCUT2D eigenvalue weighted by molar-refractivity contribution is 0.100. The molecule has 6 heteroatoms. The molecule has 2 N–H and O–H groups in total. The Balaban J connectivity index is 1.73. The molecule has 3 rings (SSSR count). The van der Waals surface area contributed by atoms with Crippen LogP contribution in [0, 0.1) is 0 Å². The fourth-order valence-corrected chi connectivity index (χ4v) is 2.53. The van der Waals surface area contributed by atoms with Gasteiger partial charge < -0.3 is 10.6 Å². The van der Waals surface area contributed by atoms with Gasteiger partial charge in [-0.1, -0.05) is 31.2 Å². The molecule has 0 atom stereocenters. The van der Waals surface area contributed by atoms with Crippen LogP contribution in [0.1, 0.15) is 40.3 Å². The first kappa shape index (κ1) is 18.3. The summed E-state index contributed by atoms with van der Waals surface area (Å²) in [6.07, 6.45) is 2.31. The summed E-state index contributed by atoms with van der Waals surface area (Å²) in [6, 6.07) is 16.4. The minimum absolute atomic E-state index is 0.0614. The minimum Gasteiger partial charge on any atom is -0.340 e. The molecule has 0 saturated heterocycles. The standard InChI is InChI=1S/C21H20N4O2/c1-3-15-7-9-17(10-8-15)24-20-12-19(22-13-23-20)21(27)25-18-6-4-5-16(11-18)14(2)26/h4-13H,3H2,1-2H3,(H,25,27)(H,22,23,24). The first-order valence-electron chi connectivity index (χ1n) is 8.65. The van der Waals surface area contributed by atoms with Crippen LogP contribution in [0.2, 0.25) is 0 Å². The molecule has 0 unspecified atom stereocenters. The largest absolute Gasteiger partial charge is 0.340 e. The number of ketones is 1. The number of aromatic nitrogens is 2. The quantitative estimate of drug-likeness (QED) is 0.643. The fraction of sp³-hybridized carbons (Fsp3) is 0.143. The number of aryl methyl sites for hydroxylation is 1. The predicted molar refractivity (Wildman–Crippen MR) is 106 cm³/mol. The highest BCUT2D eigenvalue weighted by molar-refractivity contribution is 6.04. The Bertz CT molecular complexity index is 968. The molecule has 1 amide bonds. The maximum Gasteiger partial charge on any atom is 0.274 e. The molecule has 0 aliphatic heterocycles. The van der Waals surface area contributed by atoms with Crippen molar-refractivity contribution in [2.24, 2.45) is 0 Å². The van der Waals surface area contributed by atoms with Gasteiger partial charge in [0.05, 0.1) is 0 Å². The van der Waals surface area contributed by atoms with Crippen molar-refractivity contribution in [3.8, 4) is 0 Å². The van der Waals surface area contributed by atoms with Gasteiger partial charge in [0.1, 0.15) is 17.8 Å². The van der Waals surface area contributed by atoms with E-state index in [1.165, 1.54) is 18.8 Å². The maximum atomic E-state index is 12.5. The normalized spacial score (nSPS) is 10.3. The molecule has 0 fully saturated rings. The number of anilines is 3. The first-order valence-corrected chi connectivity index (χ1v) is 8.65. The lowest BCUT2D eigenvalue weighted by Gasteiger charge is -2.09. The number of rotatable bonds is 6. The highest BCUT2D eigenvalue weighted by Gasteiger charge is 2.10. The summed E-state index contributed by atoms with van der Waals surface area (Å²) < 4.78 is 0. The smallest absolute Gasteiger partial charge is 0.274 e. The number of hydrogen-bond donors (Lipinski definition) is 2. The van der Waals surface area contributed by atoms with E-state index in [4.69, 9.17) is 0 Å². The Kier molecular flexibility index (Phi) is 5.56. The third kappa shape index (κ3) is 4.76. The highest BCUT2D eigenvalue weighted by atomic mass is 16.2. The SMILES string of the molecule is CCc1ccc(Nc2cc(C(=O)Nc3cccc(C(C)=O)c3)ncn2)cc1. The van der Waals surface area contributed by atoms with Crippen molar-refractivity contribution in [2.75, 3.05) is 10.6 Å². The third-order valence-corrected chi connectivity index (χ3v) is 4.06. The summed E-state index contributed by atoms with van der Waals surface area (Å²) >= 11 is 0. The Morgan fingerprint density at radius 2 is 1.74 bits per heavy atom. The van der Waals surface area contributed by atoms with E-state index in [0.717, 1.165) is 12.1 Å². The van der Waals surface area contributed by atoms with Crippen LogP contribution in [-0.4, -0.2) is 21.7 Å². The van der Waals surface area contributed by atoms with Crippen molar-refractivity contribution >= 4 is 28.9 Å². The number of Topliss-reactive ketones (excluding diaryl/α,β-unsaturated/α-hetero) is 1. The van der Waals surface area contributed by atoms with Gasteiger partial charge >= 0.3 is 0 Å². The molecule has 2 aromatic carbocycles. The molecule has 0 aliphatic rings. The Morgan fingerprint density at radius 3 is 2.44 bits per heavy atom. The van der Waals surface area contributed by atoms with Gasteiger partial charge in [0.2, 0.25) is 0 Å². The van der Waals surface area contributed by atoms with E-state index in [0.29, 0.717) is 17.1 Å². The molecular weight excluding hydrogens is 340 g/mol. The van der Waals surface area contributed by atoms with E-state index >= 15 is 0 Å². The summed E-state index contributed by atoms with van der Waals surface area (Å²) in [6.45, 7) is 3.58. The number of benzene rings is 2. The van der Waals surface area contributed by atoms with Gasteiger partial charge in [-0.15, -0.1) is 0 Å². The van der Waals surface area contributed by atoms with E-state index in [-0.39, 0.29) is 17.4 Å². The highest BCUT2D eigenvalue weighted by Crippen LogP contribution is 2.17. The lowest BCUT2D eigenvalue weighted by atomic mass is 10.1. The molecule has 0 bridgehead atoms. The lowest BCUT2D eigenvalue weighted by Crippen LogP contribution is -2.14. The molecule has 136 valence electrons. The number of carbonyl (C=O) groups is 2. The molecule has 27 heavy (non-hydrogen) atoms. The molecule has 0 aliphatic carbocycles. The van der Waals surface area contributed by atoms with E-state index in [1.807, 2.05) is 24.3 Å². The Labute approximate surface area is 157 Å². The van der Waals surface area contributed by atoms with Crippen LogP contribution < -0.4 is 10.6 Å². The third-order valence-electron chi connectivity index (χ3n) is 4.06.